The lowest BCUT2D eigenvalue weighted by atomic mass is 10.1. The molecule has 1 aromatic heterocycles. The van der Waals surface area contributed by atoms with Crippen LogP contribution in [-0.2, 0) is 19.1 Å². The SMILES string of the molecule is COc1cc2ncnc(Nc3ccc(F)c(Cl)c3)c2cc1NOC=CCN1CC(=O)OC2COCC21. The molecule has 3 aromatic rings. The van der Waals surface area contributed by atoms with E-state index in [9.17, 15) is 9.18 Å². The lowest BCUT2D eigenvalue weighted by molar-refractivity contribution is -0.160. The fourth-order valence-electron chi connectivity index (χ4n) is 4.13. The van der Waals surface area contributed by atoms with E-state index >= 15 is 0 Å². The van der Waals surface area contributed by atoms with E-state index < -0.39 is 5.82 Å². The quantitative estimate of drug-likeness (QED) is 0.262. The average molecular weight is 516 g/mol. The van der Waals surface area contributed by atoms with Gasteiger partial charge < -0.3 is 24.4 Å². The number of methoxy groups -OCH3 is 1. The zero-order valence-corrected chi connectivity index (χ0v) is 20.0. The third-order valence-corrected chi connectivity index (χ3v) is 6.19. The van der Waals surface area contributed by atoms with Crippen molar-refractivity contribution in [1.29, 1.82) is 0 Å². The number of hydrogen-bond acceptors (Lipinski definition) is 10. The molecule has 2 N–H and O–H groups in total. The molecule has 2 fully saturated rings. The van der Waals surface area contributed by atoms with Gasteiger partial charge >= 0.3 is 5.97 Å². The van der Waals surface area contributed by atoms with Crippen molar-refractivity contribution in [2.75, 3.05) is 44.2 Å². The summed E-state index contributed by atoms with van der Waals surface area (Å²) in [4.78, 5) is 27.9. The number of ether oxygens (including phenoxy) is 3. The molecule has 36 heavy (non-hydrogen) atoms. The fraction of sp³-hybridized carbons (Fsp3) is 0.292. The van der Waals surface area contributed by atoms with Gasteiger partial charge in [0.25, 0.3) is 0 Å². The van der Waals surface area contributed by atoms with Crippen molar-refractivity contribution in [2.45, 2.75) is 12.1 Å². The van der Waals surface area contributed by atoms with Crippen LogP contribution >= 0.6 is 11.6 Å². The number of esters is 1. The third kappa shape index (κ3) is 5.13. The van der Waals surface area contributed by atoms with Crippen LogP contribution in [0.3, 0.4) is 0 Å². The molecule has 0 saturated carbocycles. The zero-order valence-electron chi connectivity index (χ0n) is 19.2. The van der Waals surface area contributed by atoms with Crippen LogP contribution in [0, 0.1) is 5.82 Å². The van der Waals surface area contributed by atoms with Gasteiger partial charge in [-0.1, -0.05) is 11.6 Å². The van der Waals surface area contributed by atoms with Gasteiger partial charge in [-0.3, -0.25) is 9.69 Å². The van der Waals surface area contributed by atoms with E-state index in [0.717, 1.165) is 0 Å². The Hall–Kier alpha value is -3.67. The molecule has 2 saturated heterocycles. The van der Waals surface area contributed by atoms with Gasteiger partial charge in [0, 0.05) is 23.7 Å². The summed E-state index contributed by atoms with van der Waals surface area (Å²) in [5.41, 5.74) is 4.59. The van der Waals surface area contributed by atoms with Crippen molar-refractivity contribution in [2.24, 2.45) is 0 Å². The number of anilines is 3. The molecule has 0 bridgehead atoms. The maximum Gasteiger partial charge on any atom is 0.320 e. The van der Waals surface area contributed by atoms with E-state index in [1.165, 1.54) is 24.7 Å². The highest BCUT2D eigenvalue weighted by Crippen LogP contribution is 2.33. The molecule has 188 valence electrons. The number of hydrogen-bond donors (Lipinski definition) is 2. The van der Waals surface area contributed by atoms with Crippen LogP contribution in [0.15, 0.2) is 49.0 Å². The Labute approximate surface area is 210 Å². The number of morpholine rings is 1. The molecule has 2 aliphatic heterocycles. The van der Waals surface area contributed by atoms with Gasteiger partial charge in [-0.05, 0) is 30.3 Å². The van der Waals surface area contributed by atoms with E-state index in [2.05, 4.69) is 20.8 Å². The maximum atomic E-state index is 13.5. The molecule has 2 aliphatic rings. The number of benzene rings is 2. The Morgan fingerprint density at radius 3 is 3.00 bits per heavy atom. The molecule has 0 spiro atoms. The van der Waals surface area contributed by atoms with E-state index in [-0.39, 0.29) is 29.7 Å². The number of nitrogens with one attached hydrogen (secondary N) is 2. The summed E-state index contributed by atoms with van der Waals surface area (Å²) in [5, 5.41) is 3.81. The van der Waals surface area contributed by atoms with Crippen molar-refractivity contribution >= 4 is 45.7 Å². The first-order chi connectivity index (χ1) is 17.5. The van der Waals surface area contributed by atoms with Crippen LogP contribution in [0.4, 0.5) is 21.6 Å². The number of rotatable bonds is 8. The molecule has 2 unspecified atom stereocenters. The molecule has 0 radical (unpaired) electrons. The molecule has 10 nitrogen and oxygen atoms in total. The summed E-state index contributed by atoms with van der Waals surface area (Å²) in [5.74, 6) is 0.238. The highest BCUT2D eigenvalue weighted by molar-refractivity contribution is 6.31. The van der Waals surface area contributed by atoms with E-state index in [1.54, 1.807) is 31.4 Å². The van der Waals surface area contributed by atoms with Crippen LogP contribution in [-0.4, -0.2) is 66.4 Å². The number of nitrogens with zero attached hydrogens (tertiary/aromatic N) is 3. The zero-order chi connectivity index (χ0) is 25.1. The summed E-state index contributed by atoms with van der Waals surface area (Å²) in [6.07, 6.45) is 4.48. The second-order valence-electron chi connectivity index (χ2n) is 8.20. The number of fused-ring (bicyclic) bond motifs is 2. The van der Waals surface area contributed by atoms with E-state index in [1.807, 2.05) is 4.90 Å². The number of aromatic nitrogens is 2. The average Bonchev–Trinajstić information content (AvgIpc) is 3.34. The minimum Gasteiger partial charge on any atom is -0.494 e. The normalized spacial score (nSPS) is 19.8. The first-order valence-electron chi connectivity index (χ1n) is 11.1. The molecule has 3 heterocycles. The van der Waals surface area contributed by atoms with Gasteiger partial charge in [0.05, 0.1) is 43.4 Å². The monoisotopic (exact) mass is 515 g/mol. The van der Waals surface area contributed by atoms with Crippen LogP contribution in [0.2, 0.25) is 5.02 Å². The number of carbonyl (C=O) groups excluding carboxylic acids is 1. The van der Waals surface area contributed by atoms with Crippen LogP contribution in [0.25, 0.3) is 10.9 Å². The summed E-state index contributed by atoms with van der Waals surface area (Å²) >= 11 is 5.90. The lowest BCUT2D eigenvalue weighted by Gasteiger charge is -2.34. The fourth-order valence-corrected chi connectivity index (χ4v) is 4.31. The topological polar surface area (TPSA) is 107 Å². The highest BCUT2D eigenvalue weighted by atomic mass is 35.5. The van der Waals surface area contributed by atoms with Crippen molar-refractivity contribution in [3.63, 3.8) is 0 Å². The highest BCUT2D eigenvalue weighted by Gasteiger charge is 2.40. The standard InChI is InChI=1S/C24H23ClFN5O5/c1-33-21-9-18-15(24(28-13-27-18)29-14-3-4-17(26)16(25)7-14)8-19(21)30-35-6-2-5-31-10-23(32)36-22-12-34-11-20(22)31/h2-4,6-9,13,20,22,30H,5,10-12H2,1H3,(H,27,28,29). The Morgan fingerprint density at radius 2 is 2.17 bits per heavy atom. The Kier molecular flexibility index (Phi) is 7.03. The van der Waals surface area contributed by atoms with Gasteiger partial charge in [0.1, 0.15) is 41.8 Å². The van der Waals surface area contributed by atoms with Crippen molar-refractivity contribution in [3.05, 3.63) is 59.8 Å². The smallest absolute Gasteiger partial charge is 0.320 e. The summed E-state index contributed by atoms with van der Waals surface area (Å²) in [6.45, 7) is 1.65. The second kappa shape index (κ2) is 10.5. The van der Waals surface area contributed by atoms with Crippen LogP contribution in [0.1, 0.15) is 0 Å². The summed E-state index contributed by atoms with van der Waals surface area (Å²) < 4.78 is 29.8. The van der Waals surface area contributed by atoms with Crippen molar-refractivity contribution < 1.29 is 28.2 Å². The van der Waals surface area contributed by atoms with Crippen LogP contribution in [0.5, 0.6) is 5.75 Å². The minimum absolute atomic E-state index is 0.00000283. The van der Waals surface area contributed by atoms with E-state index in [0.29, 0.717) is 53.6 Å². The Morgan fingerprint density at radius 1 is 1.28 bits per heavy atom. The molecule has 12 heteroatoms. The summed E-state index contributed by atoms with van der Waals surface area (Å²) in [6, 6.07) is 7.88. The number of carbonyl (C=O) groups is 1. The molecule has 2 atom stereocenters. The molecular formula is C24H23ClFN5O5. The largest absolute Gasteiger partial charge is 0.494 e. The predicted octanol–water partition coefficient (Wildman–Crippen LogP) is 3.66. The van der Waals surface area contributed by atoms with Crippen molar-refractivity contribution in [3.8, 4) is 5.75 Å². The van der Waals surface area contributed by atoms with Gasteiger partial charge in [0.2, 0.25) is 0 Å². The molecule has 2 aromatic carbocycles. The van der Waals surface area contributed by atoms with Crippen molar-refractivity contribution in [1.82, 2.24) is 14.9 Å². The van der Waals surface area contributed by atoms with Crippen LogP contribution < -0.4 is 15.5 Å². The molecule has 5 rings (SSSR count). The van der Waals surface area contributed by atoms with E-state index in [4.69, 9.17) is 30.6 Å². The second-order valence-corrected chi connectivity index (χ2v) is 8.61. The first-order valence-corrected chi connectivity index (χ1v) is 11.5. The Bertz CT molecular complexity index is 1310. The Balaban J connectivity index is 1.28. The molecular weight excluding hydrogens is 493 g/mol. The third-order valence-electron chi connectivity index (χ3n) is 5.90. The van der Waals surface area contributed by atoms with Gasteiger partial charge in [-0.15, -0.1) is 0 Å². The number of halogens is 2. The maximum absolute atomic E-state index is 13.5. The molecule has 0 aliphatic carbocycles. The lowest BCUT2D eigenvalue weighted by Crippen LogP contribution is -2.52. The van der Waals surface area contributed by atoms with Gasteiger partial charge in [-0.2, -0.15) is 0 Å². The summed E-state index contributed by atoms with van der Waals surface area (Å²) in [7, 11) is 1.54. The van der Waals surface area contributed by atoms with Gasteiger partial charge in [-0.25, -0.2) is 19.8 Å². The molecule has 0 amide bonds. The van der Waals surface area contributed by atoms with Gasteiger partial charge in [0.15, 0.2) is 0 Å². The first kappa shape index (κ1) is 24.0. The minimum atomic E-state index is -0.507. The predicted molar refractivity (Wildman–Crippen MR) is 131 cm³/mol.